The molecule has 1 atom stereocenters. The largest absolute Gasteiger partial charge is 0.468 e. The molecule has 0 bridgehead atoms. The summed E-state index contributed by atoms with van der Waals surface area (Å²) in [5, 5.41) is 17.0. The second kappa shape index (κ2) is 7.79. The maximum atomic E-state index is 10.5. The Hall–Kier alpha value is -1.89. The zero-order chi connectivity index (χ0) is 16.9. The van der Waals surface area contributed by atoms with Gasteiger partial charge in [-0.05, 0) is 43.5 Å². The number of aliphatic hydroxyl groups excluding tert-OH is 1. The van der Waals surface area contributed by atoms with Crippen molar-refractivity contribution in [2.45, 2.75) is 39.6 Å². The van der Waals surface area contributed by atoms with Crippen molar-refractivity contribution in [2.24, 2.45) is 0 Å². The number of thiophene rings is 1. The van der Waals surface area contributed by atoms with Gasteiger partial charge in [0.2, 0.25) is 0 Å². The van der Waals surface area contributed by atoms with E-state index >= 15 is 0 Å². The first-order valence-electron chi connectivity index (χ1n) is 8.06. The highest BCUT2D eigenvalue weighted by Gasteiger charge is 2.16. The molecule has 3 aromatic heterocycles. The van der Waals surface area contributed by atoms with Gasteiger partial charge >= 0.3 is 0 Å². The molecule has 3 rings (SSSR count). The maximum absolute atomic E-state index is 10.5. The van der Waals surface area contributed by atoms with Crippen molar-refractivity contribution in [1.29, 1.82) is 0 Å². The van der Waals surface area contributed by atoms with E-state index in [1.165, 1.54) is 4.88 Å². The molecular weight excluding hydrogens is 322 g/mol. The normalized spacial score (nSPS) is 12.8. The lowest BCUT2D eigenvalue weighted by atomic mass is 10.2. The number of aliphatic hydroxyl groups is 1. The van der Waals surface area contributed by atoms with Crippen molar-refractivity contribution >= 4 is 11.3 Å². The average Bonchev–Trinajstić information content (AvgIpc) is 3.24. The van der Waals surface area contributed by atoms with Crippen molar-refractivity contribution in [1.82, 2.24) is 14.7 Å². The van der Waals surface area contributed by atoms with Crippen LogP contribution in [0.1, 0.15) is 22.0 Å². The molecule has 1 N–H and O–H groups in total. The van der Waals surface area contributed by atoms with Gasteiger partial charge in [0.1, 0.15) is 5.76 Å². The van der Waals surface area contributed by atoms with Gasteiger partial charge in [0.25, 0.3) is 0 Å². The van der Waals surface area contributed by atoms with Crippen LogP contribution in [-0.4, -0.2) is 32.4 Å². The predicted molar refractivity (Wildman–Crippen MR) is 94.8 cm³/mol. The molecular formula is C18H23N3O2S. The third-order valence-corrected chi connectivity index (χ3v) is 4.74. The van der Waals surface area contributed by atoms with Crippen molar-refractivity contribution in [3.8, 4) is 0 Å². The van der Waals surface area contributed by atoms with Crippen molar-refractivity contribution in [3.05, 3.63) is 64.0 Å². The molecule has 5 nitrogen and oxygen atoms in total. The quantitative estimate of drug-likeness (QED) is 0.681. The topological polar surface area (TPSA) is 54.4 Å². The molecule has 6 heteroatoms. The van der Waals surface area contributed by atoms with Crippen LogP contribution in [0.4, 0.5) is 0 Å². The fourth-order valence-electron chi connectivity index (χ4n) is 2.85. The minimum Gasteiger partial charge on any atom is -0.468 e. The Kier molecular flexibility index (Phi) is 5.50. The number of hydrogen-bond donors (Lipinski definition) is 1. The fraction of sp³-hybridized carbons (Fsp3) is 0.389. The minimum atomic E-state index is -0.488. The molecule has 0 spiro atoms. The van der Waals surface area contributed by atoms with E-state index in [4.69, 9.17) is 4.42 Å². The van der Waals surface area contributed by atoms with E-state index in [9.17, 15) is 5.11 Å². The summed E-state index contributed by atoms with van der Waals surface area (Å²) in [5.74, 6) is 0.907. The van der Waals surface area contributed by atoms with Crippen LogP contribution in [0.15, 0.2) is 46.4 Å². The molecule has 0 aliphatic rings. The van der Waals surface area contributed by atoms with Crippen LogP contribution in [0.5, 0.6) is 0 Å². The predicted octanol–water partition coefficient (Wildman–Crippen LogP) is 3.22. The van der Waals surface area contributed by atoms with E-state index in [0.29, 0.717) is 19.6 Å². The van der Waals surface area contributed by atoms with E-state index in [-0.39, 0.29) is 0 Å². The Morgan fingerprint density at radius 3 is 2.79 bits per heavy atom. The average molecular weight is 345 g/mol. The van der Waals surface area contributed by atoms with Gasteiger partial charge in [-0.3, -0.25) is 9.58 Å². The molecule has 0 amide bonds. The van der Waals surface area contributed by atoms with Gasteiger partial charge in [0, 0.05) is 23.7 Å². The van der Waals surface area contributed by atoms with Crippen molar-refractivity contribution in [3.63, 3.8) is 0 Å². The highest BCUT2D eigenvalue weighted by Crippen LogP contribution is 2.15. The molecule has 3 heterocycles. The van der Waals surface area contributed by atoms with Gasteiger partial charge in [-0.1, -0.05) is 6.07 Å². The number of furan rings is 1. The van der Waals surface area contributed by atoms with Gasteiger partial charge in [-0.15, -0.1) is 11.3 Å². The summed E-state index contributed by atoms with van der Waals surface area (Å²) >= 11 is 1.73. The monoisotopic (exact) mass is 345 g/mol. The van der Waals surface area contributed by atoms with Crippen LogP contribution in [0.25, 0.3) is 0 Å². The summed E-state index contributed by atoms with van der Waals surface area (Å²) in [4.78, 5) is 3.49. The first-order valence-corrected chi connectivity index (χ1v) is 8.94. The summed E-state index contributed by atoms with van der Waals surface area (Å²) in [5.41, 5.74) is 2.05. The molecule has 24 heavy (non-hydrogen) atoms. The van der Waals surface area contributed by atoms with Gasteiger partial charge < -0.3 is 9.52 Å². The molecule has 0 aliphatic carbocycles. The molecule has 0 aliphatic heterocycles. The lowest BCUT2D eigenvalue weighted by Gasteiger charge is -2.24. The third kappa shape index (κ3) is 4.56. The zero-order valence-electron chi connectivity index (χ0n) is 14.1. The van der Waals surface area contributed by atoms with E-state index in [1.54, 1.807) is 17.6 Å². The van der Waals surface area contributed by atoms with Crippen molar-refractivity contribution < 1.29 is 9.52 Å². The van der Waals surface area contributed by atoms with Crippen LogP contribution >= 0.6 is 11.3 Å². The molecule has 0 aromatic carbocycles. The second-order valence-electron chi connectivity index (χ2n) is 6.09. The Morgan fingerprint density at radius 1 is 1.29 bits per heavy atom. The first-order chi connectivity index (χ1) is 11.6. The molecule has 0 unspecified atom stereocenters. The van der Waals surface area contributed by atoms with E-state index < -0.39 is 6.10 Å². The number of hydrogen-bond acceptors (Lipinski definition) is 5. The van der Waals surface area contributed by atoms with Gasteiger partial charge in [-0.25, -0.2) is 0 Å². The molecule has 0 saturated heterocycles. The molecule has 0 saturated carbocycles. The number of aromatic nitrogens is 2. The summed E-state index contributed by atoms with van der Waals surface area (Å²) in [6.07, 6.45) is 1.20. The van der Waals surface area contributed by atoms with Crippen LogP contribution in [0, 0.1) is 13.8 Å². The van der Waals surface area contributed by atoms with E-state index in [2.05, 4.69) is 27.5 Å². The van der Waals surface area contributed by atoms with Gasteiger partial charge in [-0.2, -0.15) is 5.10 Å². The van der Waals surface area contributed by atoms with Gasteiger partial charge in [0.05, 0.1) is 31.2 Å². The summed E-state index contributed by atoms with van der Waals surface area (Å²) in [6, 6.07) is 10.1. The number of rotatable bonds is 8. The van der Waals surface area contributed by atoms with Crippen LogP contribution in [0.3, 0.4) is 0 Å². The first kappa shape index (κ1) is 17.0. The molecule has 0 radical (unpaired) electrons. The van der Waals surface area contributed by atoms with Crippen LogP contribution < -0.4 is 0 Å². The zero-order valence-corrected chi connectivity index (χ0v) is 14.9. The molecule has 3 aromatic rings. The maximum Gasteiger partial charge on any atom is 0.117 e. The minimum absolute atomic E-state index is 0.488. The second-order valence-corrected chi connectivity index (χ2v) is 7.12. The highest BCUT2D eigenvalue weighted by atomic mass is 32.1. The number of aryl methyl sites for hydroxylation is 2. The van der Waals surface area contributed by atoms with Crippen molar-refractivity contribution in [2.75, 3.05) is 6.54 Å². The summed E-state index contributed by atoms with van der Waals surface area (Å²) in [7, 11) is 0. The standard InChI is InChI=1S/C18H23N3O2S/c1-14-9-15(2)21(19-14)11-16(22)10-20(12-17-5-3-7-23-17)13-18-6-4-8-24-18/h3-9,16,22H,10-13H2,1-2H3/t16-/m1/s1. The Morgan fingerprint density at radius 2 is 2.17 bits per heavy atom. The SMILES string of the molecule is Cc1cc(C)n(C[C@H](O)CN(Cc2ccco2)Cc2cccs2)n1. The highest BCUT2D eigenvalue weighted by molar-refractivity contribution is 7.09. The smallest absolute Gasteiger partial charge is 0.117 e. The van der Waals surface area contributed by atoms with Gasteiger partial charge in [0.15, 0.2) is 0 Å². The lowest BCUT2D eigenvalue weighted by Crippen LogP contribution is -2.34. The number of nitrogens with zero attached hydrogens (tertiary/aromatic N) is 3. The van der Waals surface area contributed by atoms with E-state index in [0.717, 1.165) is 23.7 Å². The van der Waals surface area contributed by atoms with E-state index in [1.807, 2.05) is 36.7 Å². The summed E-state index contributed by atoms with van der Waals surface area (Å²) in [6.45, 7) is 6.52. The Labute approximate surface area is 146 Å². The van der Waals surface area contributed by atoms with Crippen LogP contribution in [0.2, 0.25) is 0 Å². The third-order valence-electron chi connectivity index (χ3n) is 3.88. The van der Waals surface area contributed by atoms with Crippen LogP contribution in [-0.2, 0) is 19.6 Å². The Bertz CT molecular complexity index is 698. The fourth-order valence-corrected chi connectivity index (χ4v) is 3.59. The lowest BCUT2D eigenvalue weighted by molar-refractivity contribution is 0.0844. The Balaban J connectivity index is 1.64. The summed E-state index contributed by atoms with van der Waals surface area (Å²) < 4.78 is 7.34. The molecule has 0 fully saturated rings. The molecule has 128 valence electrons.